The van der Waals surface area contributed by atoms with Gasteiger partial charge in [0.05, 0.1) is 11.5 Å². The summed E-state index contributed by atoms with van der Waals surface area (Å²) in [6.07, 6.45) is 0. The fourth-order valence-corrected chi connectivity index (χ4v) is 2.01. The molecule has 0 aliphatic carbocycles. The maximum Gasteiger partial charge on any atom is 0.289 e. The van der Waals surface area contributed by atoms with Gasteiger partial charge in [0.1, 0.15) is 10.8 Å². The van der Waals surface area contributed by atoms with Crippen molar-refractivity contribution in [2.45, 2.75) is 6.92 Å². The second kappa shape index (κ2) is 6.91. The molecule has 6 nitrogen and oxygen atoms in total. The van der Waals surface area contributed by atoms with E-state index >= 15 is 0 Å². The Morgan fingerprint density at radius 2 is 2.09 bits per heavy atom. The molecule has 114 valence electrons. The first-order chi connectivity index (χ1) is 10.5. The van der Waals surface area contributed by atoms with Crippen LogP contribution in [0.3, 0.4) is 0 Å². The van der Waals surface area contributed by atoms with Crippen molar-refractivity contribution in [3.05, 3.63) is 63.2 Å². The van der Waals surface area contributed by atoms with Gasteiger partial charge in [-0.05, 0) is 37.3 Å². The van der Waals surface area contributed by atoms with Crippen molar-refractivity contribution < 1.29 is 14.5 Å². The molecule has 0 unspecified atom stereocenters. The van der Waals surface area contributed by atoms with Crippen molar-refractivity contribution in [2.24, 2.45) is 0 Å². The number of amides is 1. The van der Waals surface area contributed by atoms with Crippen LogP contribution in [-0.2, 0) is 0 Å². The number of hydrogen-bond donors (Lipinski definition) is 1. The minimum Gasteiger partial charge on any atom is -0.494 e. The number of carbonyl (C=O) groups is 1. The zero-order chi connectivity index (χ0) is 16.1. The number of hydrogen-bond acceptors (Lipinski definition) is 4. The Kier molecular flexibility index (Phi) is 4.95. The highest BCUT2D eigenvalue weighted by Gasteiger charge is 2.14. The summed E-state index contributed by atoms with van der Waals surface area (Å²) in [6.45, 7) is 2.34. The van der Waals surface area contributed by atoms with Gasteiger partial charge in [0.15, 0.2) is 0 Å². The summed E-state index contributed by atoms with van der Waals surface area (Å²) in [5.74, 6) is 0.190. The first kappa shape index (κ1) is 15.8. The lowest BCUT2D eigenvalue weighted by Crippen LogP contribution is -2.12. The minimum absolute atomic E-state index is 0.0151. The van der Waals surface area contributed by atoms with Gasteiger partial charge in [-0.25, -0.2) is 0 Å². The Hall–Kier alpha value is -2.60. The van der Waals surface area contributed by atoms with E-state index in [4.69, 9.17) is 16.3 Å². The topological polar surface area (TPSA) is 81.5 Å². The number of benzene rings is 2. The van der Waals surface area contributed by atoms with Crippen LogP contribution >= 0.6 is 11.6 Å². The zero-order valence-corrected chi connectivity index (χ0v) is 12.5. The van der Waals surface area contributed by atoms with Crippen LogP contribution in [0.2, 0.25) is 5.02 Å². The summed E-state index contributed by atoms with van der Waals surface area (Å²) in [5.41, 5.74) is 0.425. The standard InChI is InChI=1S/C15H13ClN2O4/c1-2-22-12-5-3-4-10(8-12)15(19)17-11-6-7-13(16)14(9-11)18(20)21/h3-9H,2H2,1H3,(H,17,19). The molecule has 0 saturated carbocycles. The fourth-order valence-electron chi connectivity index (χ4n) is 1.83. The highest BCUT2D eigenvalue weighted by molar-refractivity contribution is 6.32. The molecule has 1 amide bonds. The largest absolute Gasteiger partial charge is 0.494 e. The van der Waals surface area contributed by atoms with Gasteiger partial charge >= 0.3 is 0 Å². The van der Waals surface area contributed by atoms with E-state index < -0.39 is 10.8 Å². The maximum atomic E-state index is 12.2. The highest BCUT2D eigenvalue weighted by Crippen LogP contribution is 2.27. The smallest absolute Gasteiger partial charge is 0.289 e. The number of nitro benzene ring substituents is 1. The number of nitro groups is 1. The van der Waals surface area contributed by atoms with Crippen molar-refractivity contribution in [3.8, 4) is 5.75 Å². The molecule has 22 heavy (non-hydrogen) atoms. The average molecular weight is 321 g/mol. The molecule has 0 aromatic heterocycles. The SMILES string of the molecule is CCOc1cccc(C(=O)Nc2ccc(Cl)c([N+](=O)[O-])c2)c1. The minimum atomic E-state index is -0.603. The van der Waals surface area contributed by atoms with Crippen LogP contribution in [0.25, 0.3) is 0 Å². The Labute approximate surface area is 131 Å². The summed E-state index contributed by atoms with van der Waals surface area (Å²) in [7, 11) is 0. The van der Waals surface area contributed by atoms with Gasteiger partial charge in [-0.3, -0.25) is 14.9 Å². The van der Waals surface area contributed by atoms with Crippen molar-refractivity contribution in [1.29, 1.82) is 0 Å². The number of nitrogens with one attached hydrogen (secondary N) is 1. The number of nitrogens with zero attached hydrogens (tertiary/aromatic N) is 1. The predicted molar refractivity (Wildman–Crippen MR) is 83.7 cm³/mol. The molecule has 0 spiro atoms. The molecule has 7 heteroatoms. The number of halogens is 1. The van der Waals surface area contributed by atoms with E-state index in [1.807, 2.05) is 6.92 Å². The Morgan fingerprint density at radius 1 is 1.32 bits per heavy atom. The van der Waals surface area contributed by atoms with E-state index in [2.05, 4.69) is 5.32 Å². The van der Waals surface area contributed by atoms with Crippen LogP contribution in [0.15, 0.2) is 42.5 Å². The predicted octanol–water partition coefficient (Wildman–Crippen LogP) is 3.90. The molecule has 0 saturated heterocycles. The molecule has 0 atom stereocenters. The summed E-state index contributed by atoms with van der Waals surface area (Å²) >= 11 is 5.73. The molecule has 2 rings (SSSR count). The Balaban J connectivity index is 2.20. The maximum absolute atomic E-state index is 12.2. The van der Waals surface area contributed by atoms with Crippen LogP contribution in [0, 0.1) is 10.1 Å². The van der Waals surface area contributed by atoms with Crippen LogP contribution in [0.4, 0.5) is 11.4 Å². The van der Waals surface area contributed by atoms with Gasteiger partial charge in [0.2, 0.25) is 0 Å². The van der Waals surface area contributed by atoms with Gasteiger partial charge in [-0.1, -0.05) is 17.7 Å². The monoisotopic (exact) mass is 320 g/mol. The van der Waals surface area contributed by atoms with Crippen LogP contribution in [-0.4, -0.2) is 17.4 Å². The fraction of sp³-hybridized carbons (Fsp3) is 0.133. The molecular formula is C15H13ClN2O4. The molecular weight excluding hydrogens is 308 g/mol. The van der Waals surface area contributed by atoms with E-state index in [9.17, 15) is 14.9 Å². The Bertz CT molecular complexity index is 718. The average Bonchev–Trinajstić information content (AvgIpc) is 2.49. The summed E-state index contributed by atoms with van der Waals surface area (Å²) in [5, 5.41) is 13.4. The molecule has 2 aromatic rings. The first-order valence-corrected chi connectivity index (χ1v) is 6.87. The third-order valence-corrected chi connectivity index (χ3v) is 3.13. The lowest BCUT2D eigenvalue weighted by atomic mass is 10.2. The third kappa shape index (κ3) is 3.73. The normalized spacial score (nSPS) is 10.1. The van der Waals surface area contributed by atoms with Crippen molar-refractivity contribution in [3.63, 3.8) is 0 Å². The van der Waals surface area contributed by atoms with Crippen LogP contribution in [0.5, 0.6) is 5.75 Å². The molecule has 0 heterocycles. The molecule has 0 aliphatic heterocycles. The number of ether oxygens (including phenoxy) is 1. The van der Waals surface area contributed by atoms with E-state index in [0.29, 0.717) is 23.6 Å². The highest BCUT2D eigenvalue weighted by atomic mass is 35.5. The van der Waals surface area contributed by atoms with E-state index in [1.165, 1.54) is 18.2 Å². The van der Waals surface area contributed by atoms with Crippen molar-refractivity contribution >= 4 is 28.9 Å². The van der Waals surface area contributed by atoms with Crippen molar-refractivity contribution in [2.75, 3.05) is 11.9 Å². The number of carbonyl (C=O) groups excluding carboxylic acids is 1. The summed E-state index contributed by atoms with van der Waals surface area (Å²) in [4.78, 5) is 22.4. The molecule has 2 aromatic carbocycles. The van der Waals surface area contributed by atoms with Gasteiger partial charge in [-0.15, -0.1) is 0 Å². The molecule has 1 N–H and O–H groups in total. The number of anilines is 1. The van der Waals surface area contributed by atoms with Crippen LogP contribution in [0.1, 0.15) is 17.3 Å². The second-order valence-corrected chi connectivity index (χ2v) is 4.75. The Morgan fingerprint density at radius 3 is 2.77 bits per heavy atom. The molecule has 0 aliphatic rings. The van der Waals surface area contributed by atoms with Gasteiger partial charge in [-0.2, -0.15) is 0 Å². The van der Waals surface area contributed by atoms with Crippen LogP contribution < -0.4 is 10.1 Å². The molecule has 0 fully saturated rings. The quantitative estimate of drug-likeness (QED) is 0.669. The lowest BCUT2D eigenvalue weighted by Gasteiger charge is -2.08. The summed E-state index contributed by atoms with van der Waals surface area (Å²) < 4.78 is 5.33. The summed E-state index contributed by atoms with van der Waals surface area (Å²) in [6, 6.07) is 10.8. The van der Waals surface area contributed by atoms with E-state index in [0.717, 1.165) is 0 Å². The van der Waals surface area contributed by atoms with E-state index in [-0.39, 0.29) is 10.7 Å². The molecule has 0 bridgehead atoms. The number of rotatable bonds is 5. The first-order valence-electron chi connectivity index (χ1n) is 6.49. The lowest BCUT2D eigenvalue weighted by molar-refractivity contribution is -0.384. The van der Waals surface area contributed by atoms with Gasteiger partial charge in [0, 0.05) is 17.3 Å². The zero-order valence-electron chi connectivity index (χ0n) is 11.7. The van der Waals surface area contributed by atoms with Crippen molar-refractivity contribution in [1.82, 2.24) is 0 Å². The van der Waals surface area contributed by atoms with Gasteiger partial charge < -0.3 is 10.1 Å². The van der Waals surface area contributed by atoms with Gasteiger partial charge in [0.25, 0.3) is 11.6 Å². The van der Waals surface area contributed by atoms with E-state index in [1.54, 1.807) is 24.3 Å². The second-order valence-electron chi connectivity index (χ2n) is 4.34. The molecule has 0 radical (unpaired) electrons. The third-order valence-electron chi connectivity index (χ3n) is 2.81.